The summed E-state index contributed by atoms with van der Waals surface area (Å²) in [5, 5.41) is 5.62. The van der Waals surface area contributed by atoms with E-state index in [0.29, 0.717) is 12.2 Å². The molecule has 1 rings (SSSR count). The Morgan fingerprint density at radius 2 is 1.68 bits per heavy atom. The lowest BCUT2D eigenvalue weighted by Crippen LogP contribution is -2.13. The van der Waals surface area contributed by atoms with Crippen LogP contribution in [0, 0.1) is 0 Å². The molecule has 0 saturated carbocycles. The zero-order valence-electron chi connectivity index (χ0n) is 16.7. The Morgan fingerprint density at radius 1 is 1.11 bits per heavy atom. The Hall–Kier alpha value is -1.48. The molecule has 28 heavy (non-hydrogen) atoms. The van der Waals surface area contributed by atoms with Crippen LogP contribution >= 0.6 is 7.82 Å². The van der Waals surface area contributed by atoms with Gasteiger partial charge in [-0.05, 0) is 32.4 Å². The first-order chi connectivity index (χ1) is 13.0. The van der Waals surface area contributed by atoms with Crippen molar-refractivity contribution in [2.24, 2.45) is 0 Å². The van der Waals surface area contributed by atoms with E-state index in [4.69, 9.17) is 10.6 Å². The molecule has 0 saturated heterocycles. The number of nitrogens with two attached hydrogens (primary N) is 1. The zero-order valence-corrected chi connectivity index (χ0v) is 17.6. The fourth-order valence-electron chi connectivity index (χ4n) is 2.18. The number of nitrogen functional groups attached to an aromatic ring is 1. The van der Waals surface area contributed by atoms with Gasteiger partial charge >= 0.3 is 14.0 Å². The average molecular weight is 429 g/mol. The van der Waals surface area contributed by atoms with Gasteiger partial charge in [-0.25, -0.2) is 4.57 Å². The molecule has 7 nitrogen and oxygen atoms in total. The largest absolute Gasteiger partial charge is 0.472 e. The molecule has 0 radical (unpaired) electrons. The molecular formula is C17H31F3N3O4P. The second kappa shape index (κ2) is 12.9. The summed E-state index contributed by atoms with van der Waals surface area (Å²) in [5.74, 6) is 0. The molecule has 0 aliphatic carbocycles. The van der Waals surface area contributed by atoms with Crippen molar-refractivity contribution in [2.45, 2.75) is 46.2 Å². The van der Waals surface area contributed by atoms with Gasteiger partial charge in [0.1, 0.15) is 0 Å². The van der Waals surface area contributed by atoms with Gasteiger partial charge in [0.25, 0.3) is 0 Å². The minimum absolute atomic E-state index is 0.0714. The molecule has 5 N–H and O–H groups in total. The fourth-order valence-corrected chi connectivity index (χ4v) is 2.90. The molecule has 0 aromatic heterocycles. The molecule has 1 aromatic rings. The molecule has 0 aliphatic rings. The molecule has 0 spiro atoms. The van der Waals surface area contributed by atoms with E-state index in [-0.39, 0.29) is 24.6 Å². The molecule has 0 atom stereocenters. The Balaban J connectivity index is 0.000000684. The van der Waals surface area contributed by atoms with Crippen molar-refractivity contribution >= 4 is 24.9 Å². The Bertz CT molecular complexity index is 620. The maximum atomic E-state index is 12.9. The van der Waals surface area contributed by atoms with Gasteiger partial charge in [-0.2, -0.15) is 13.2 Å². The standard InChI is InChI=1S/C13H20F3N3.C4H11O4P/c1-3-4-5-6-19-11-8-12(18-2)10(17)7-9(11)13(14,15)16;1-3-7-9(5,6)8-4-2/h7-8,18-19H,3-6,17H2,1-2H3;3-4H2,1-2H3,(H,5,6). The van der Waals surface area contributed by atoms with Crippen molar-refractivity contribution < 1.29 is 31.7 Å². The number of anilines is 3. The summed E-state index contributed by atoms with van der Waals surface area (Å²) in [6.07, 6.45) is -1.56. The van der Waals surface area contributed by atoms with Gasteiger partial charge in [-0.1, -0.05) is 19.8 Å². The normalized spacial score (nSPS) is 11.6. The van der Waals surface area contributed by atoms with Gasteiger partial charge in [0, 0.05) is 19.3 Å². The van der Waals surface area contributed by atoms with Crippen molar-refractivity contribution in [2.75, 3.05) is 43.2 Å². The fraction of sp³-hybridized carbons (Fsp3) is 0.647. The summed E-state index contributed by atoms with van der Waals surface area (Å²) in [6.45, 7) is 6.19. The topological polar surface area (TPSA) is 106 Å². The number of phosphoric ester groups is 1. The highest BCUT2D eigenvalue weighted by molar-refractivity contribution is 7.47. The molecule has 0 bridgehead atoms. The second-order valence-corrected chi connectivity index (χ2v) is 7.12. The number of phosphoric acid groups is 1. The predicted octanol–water partition coefficient (Wildman–Crippen LogP) is 5.09. The lowest BCUT2D eigenvalue weighted by Gasteiger charge is -2.17. The monoisotopic (exact) mass is 429 g/mol. The summed E-state index contributed by atoms with van der Waals surface area (Å²) < 4.78 is 58.0. The van der Waals surface area contributed by atoms with E-state index in [1.54, 1.807) is 20.9 Å². The summed E-state index contributed by atoms with van der Waals surface area (Å²) >= 11 is 0. The van der Waals surface area contributed by atoms with Crippen LogP contribution in [0.2, 0.25) is 0 Å². The zero-order chi connectivity index (χ0) is 21.8. The van der Waals surface area contributed by atoms with Crippen LogP contribution in [0.3, 0.4) is 0 Å². The minimum atomic E-state index is -4.41. The molecule has 11 heteroatoms. The molecule has 0 unspecified atom stereocenters. The van der Waals surface area contributed by atoms with Crippen LogP contribution in [0.15, 0.2) is 12.1 Å². The highest BCUT2D eigenvalue weighted by Crippen LogP contribution is 2.42. The quantitative estimate of drug-likeness (QED) is 0.233. The number of halogens is 3. The van der Waals surface area contributed by atoms with E-state index < -0.39 is 19.6 Å². The third-order valence-electron chi connectivity index (χ3n) is 3.44. The third kappa shape index (κ3) is 10.2. The van der Waals surface area contributed by atoms with Gasteiger partial charge in [0.05, 0.1) is 30.2 Å². The van der Waals surface area contributed by atoms with Crippen molar-refractivity contribution in [1.82, 2.24) is 0 Å². The number of nitrogens with one attached hydrogen (secondary N) is 2. The number of benzene rings is 1. The lowest BCUT2D eigenvalue weighted by atomic mass is 10.1. The number of alkyl halides is 3. The molecule has 0 heterocycles. The van der Waals surface area contributed by atoms with Crippen molar-refractivity contribution in [3.63, 3.8) is 0 Å². The van der Waals surface area contributed by atoms with E-state index in [0.717, 1.165) is 25.3 Å². The number of hydrogen-bond acceptors (Lipinski definition) is 6. The van der Waals surface area contributed by atoms with E-state index >= 15 is 0 Å². The smallest absolute Gasteiger partial charge is 0.397 e. The molecule has 0 fully saturated rings. The second-order valence-electron chi connectivity index (χ2n) is 5.67. The highest BCUT2D eigenvalue weighted by Gasteiger charge is 2.34. The van der Waals surface area contributed by atoms with Crippen LogP contribution in [-0.2, 0) is 19.8 Å². The Kier molecular flexibility index (Phi) is 12.2. The van der Waals surface area contributed by atoms with Crippen LogP contribution in [0.25, 0.3) is 0 Å². The van der Waals surface area contributed by atoms with E-state index in [1.165, 1.54) is 6.07 Å². The summed E-state index contributed by atoms with van der Waals surface area (Å²) in [7, 11) is -2.07. The van der Waals surface area contributed by atoms with Crippen molar-refractivity contribution in [3.8, 4) is 0 Å². The van der Waals surface area contributed by atoms with Crippen LogP contribution in [0.1, 0.15) is 45.6 Å². The van der Waals surface area contributed by atoms with Crippen molar-refractivity contribution in [3.05, 3.63) is 17.7 Å². The van der Waals surface area contributed by atoms with Gasteiger partial charge in [0.2, 0.25) is 0 Å². The molecule has 0 aliphatic heterocycles. The van der Waals surface area contributed by atoms with E-state index in [2.05, 4.69) is 19.7 Å². The Morgan fingerprint density at radius 3 is 2.11 bits per heavy atom. The Labute approximate surface area is 164 Å². The molecule has 164 valence electrons. The predicted molar refractivity (Wildman–Crippen MR) is 106 cm³/mol. The summed E-state index contributed by atoms with van der Waals surface area (Å²) in [6, 6.07) is 2.37. The van der Waals surface area contributed by atoms with Crippen molar-refractivity contribution in [1.29, 1.82) is 0 Å². The molecule has 1 aromatic carbocycles. The number of rotatable bonds is 10. The summed E-state index contributed by atoms with van der Waals surface area (Å²) in [4.78, 5) is 8.63. The van der Waals surface area contributed by atoms with Crippen LogP contribution in [0.5, 0.6) is 0 Å². The third-order valence-corrected chi connectivity index (χ3v) is 4.61. The van der Waals surface area contributed by atoms with E-state index in [1.807, 2.05) is 6.92 Å². The van der Waals surface area contributed by atoms with E-state index in [9.17, 15) is 17.7 Å². The first kappa shape index (κ1) is 26.5. The molecule has 0 amide bonds. The SMILES string of the molecule is CCCCCNc1cc(NC)c(N)cc1C(F)(F)F.CCOP(=O)(O)OCC. The molecular weight excluding hydrogens is 398 g/mol. The van der Waals surface area contributed by atoms with Gasteiger partial charge in [0.15, 0.2) is 0 Å². The van der Waals surface area contributed by atoms with Gasteiger partial charge in [-0.3, -0.25) is 9.05 Å². The highest BCUT2D eigenvalue weighted by atomic mass is 31.2. The maximum absolute atomic E-state index is 12.9. The van der Waals surface area contributed by atoms with Gasteiger partial charge in [-0.15, -0.1) is 0 Å². The maximum Gasteiger partial charge on any atom is 0.472 e. The minimum Gasteiger partial charge on any atom is -0.397 e. The van der Waals surface area contributed by atoms with Crippen LogP contribution in [-0.4, -0.2) is 31.7 Å². The number of hydrogen-bond donors (Lipinski definition) is 4. The van der Waals surface area contributed by atoms with Crippen LogP contribution < -0.4 is 16.4 Å². The first-order valence-electron chi connectivity index (χ1n) is 9.06. The van der Waals surface area contributed by atoms with Crippen LogP contribution in [0.4, 0.5) is 30.2 Å². The summed E-state index contributed by atoms with van der Waals surface area (Å²) in [5.41, 5.74) is 5.52. The lowest BCUT2D eigenvalue weighted by molar-refractivity contribution is -0.136. The average Bonchev–Trinajstić information content (AvgIpc) is 2.59. The number of unbranched alkanes of at least 4 members (excludes halogenated alkanes) is 2. The van der Waals surface area contributed by atoms with Gasteiger partial charge < -0.3 is 21.3 Å². The first-order valence-corrected chi connectivity index (χ1v) is 10.6.